The van der Waals surface area contributed by atoms with E-state index in [1.807, 2.05) is 6.92 Å². The molecule has 0 heterocycles. The van der Waals surface area contributed by atoms with Crippen LogP contribution in [0.3, 0.4) is 0 Å². The van der Waals surface area contributed by atoms with E-state index in [1.54, 1.807) is 6.07 Å². The van der Waals surface area contributed by atoms with Gasteiger partial charge in [0.15, 0.2) is 0 Å². The van der Waals surface area contributed by atoms with Gasteiger partial charge in [-0.05, 0) is 36.6 Å². The van der Waals surface area contributed by atoms with Gasteiger partial charge in [-0.1, -0.05) is 31.9 Å². The number of alkyl halides is 3. The molecule has 0 aliphatic heterocycles. The number of hydrogen-bond acceptors (Lipinski definition) is 2. The smallest absolute Gasteiger partial charge is 0.379 e. The minimum absolute atomic E-state index is 0.198. The summed E-state index contributed by atoms with van der Waals surface area (Å²) in [4.78, 5) is 0. The van der Waals surface area contributed by atoms with Crippen molar-refractivity contribution in [3.05, 3.63) is 35.4 Å². The molecule has 1 aliphatic carbocycles. The average molecular weight is 301 g/mol. The van der Waals surface area contributed by atoms with Crippen LogP contribution < -0.4 is 5.32 Å². The van der Waals surface area contributed by atoms with Gasteiger partial charge in [0.2, 0.25) is 0 Å². The molecule has 1 unspecified atom stereocenters. The van der Waals surface area contributed by atoms with E-state index in [4.69, 9.17) is 4.74 Å². The first-order chi connectivity index (χ1) is 10.0. The molecule has 1 atom stereocenters. The minimum atomic E-state index is -4.31. The molecule has 1 aliphatic rings. The maximum Gasteiger partial charge on any atom is 0.416 e. The third-order valence-electron chi connectivity index (χ3n) is 3.72. The first kappa shape index (κ1) is 16.3. The number of benzene rings is 1. The van der Waals surface area contributed by atoms with Crippen molar-refractivity contribution in [2.45, 2.75) is 38.4 Å². The lowest BCUT2D eigenvalue weighted by Crippen LogP contribution is -2.26. The fourth-order valence-electron chi connectivity index (χ4n) is 2.31. The zero-order valence-corrected chi connectivity index (χ0v) is 12.2. The summed E-state index contributed by atoms with van der Waals surface area (Å²) in [6.07, 6.45) is -0.678. The highest BCUT2D eigenvalue weighted by Gasteiger charge is 2.31. The largest absolute Gasteiger partial charge is 0.416 e. The summed E-state index contributed by atoms with van der Waals surface area (Å²) >= 11 is 0. The predicted octanol–water partition coefficient (Wildman–Crippen LogP) is 4.17. The van der Waals surface area contributed by atoms with Gasteiger partial charge in [0.25, 0.3) is 0 Å². The molecular formula is C16H22F3NO. The number of halogens is 3. The Labute approximate surface area is 123 Å². The molecule has 5 heteroatoms. The summed E-state index contributed by atoms with van der Waals surface area (Å²) in [7, 11) is 0. The summed E-state index contributed by atoms with van der Waals surface area (Å²) in [5.41, 5.74) is 0.0129. The Morgan fingerprint density at radius 1 is 1.33 bits per heavy atom. The van der Waals surface area contributed by atoms with E-state index in [-0.39, 0.29) is 6.04 Å². The molecule has 0 aromatic heterocycles. The van der Waals surface area contributed by atoms with Crippen LogP contribution in [-0.2, 0) is 10.9 Å². The molecule has 2 rings (SSSR count). The Morgan fingerprint density at radius 3 is 2.71 bits per heavy atom. The molecule has 0 spiro atoms. The van der Waals surface area contributed by atoms with E-state index in [0.717, 1.165) is 18.4 Å². The van der Waals surface area contributed by atoms with Gasteiger partial charge in [-0.2, -0.15) is 13.2 Å². The number of nitrogens with one attached hydrogen (secondary N) is 1. The van der Waals surface area contributed by atoms with Crippen LogP contribution in [0.2, 0.25) is 0 Å². The lowest BCUT2D eigenvalue weighted by molar-refractivity contribution is -0.137. The van der Waals surface area contributed by atoms with Crippen LogP contribution in [0, 0.1) is 5.92 Å². The van der Waals surface area contributed by atoms with Gasteiger partial charge in [0, 0.05) is 6.61 Å². The maximum atomic E-state index is 12.8. The molecule has 1 saturated carbocycles. The van der Waals surface area contributed by atoms with Gasteiger partial charge in [-0.15, -0.1) is 0 Å². The summed E-state index contributed by atoms with van der Waals surface area (Å²) in [6.45, 7) is 3.71. The Balaban J connectivity index is 1.95. The maximum absolute atomic E-state index is 12.8. The second kappa shape index (κ2) is 7.27. The Morgan fingerprint density at radius 2 is 2.10 bits per heavy atom. The van der Waals surface area contributed by atoms with Gasteiger partial charge in [-0.25, -0.2) is 0 Å². The van der Waals surface area contributed by atoms with Crippen LogP contribution >= 0.6 is 0 Å². The van der Waals surface area contributed by atoms with E-state index in [0.29, 0.717) is 25.3 Å². The minimum Gasteiger partial charge on any atom is -0.379 e. The number of likely N-dealkylation sites (N-methyl/N-ethyl adjacent to an activating group) is 1. The molecular weight excluding hydrogens is 279 g/mol. The molecule has 0 saturated heterocycles. The summed E-state index contributed by atoms with van der Waals surface area (Å²) in [5, 5.41) is 3.19. The van der Waals surface area contributed by atoms with Crippen LogP contribution in [0.25, 0.3) is 0 Å². The van der Waals surface area contributed by atoms with Crippen LogP contribution in [0.4, 0.5) is 13.2 Å². The highest BCUT2D eigenvalue weighted by molar-refractivity contribution is 5.28. The van der Waals surface area contributed by atoms with E-state index in [9.17, 15) is 13.2 Å². The zero-order valence-electron chi connectivity index (χ0n) is 12.2. The lowest BCUT2D eigenvalue weighted by atomic mass is 10.0. The van der Waals surface area contributed by atoms with Crippen molar-refractivity contribution in [2.75, 3.05) is 19.8 Å². The topological polar surface area (TPSA) is 21.3 Å². The third kappa shape index (κ3) is 5.32. The number of ether oxygens (including phenoxy) is 1. The second-order valence-corrected chi connectivity index (χ2v) is 5.54. The molecule has 2 nitrogen and oxygen atoms in total. The number of rotatable bonds is 8. The molecule has 1 fully saturated rings. The lowest BCUT2D eigenvalue weighted by Gasteiger charge is -2.19. The monoisotopic (exact) mass is 301 g/mol. The van der Waals surface area contributed by atoms with Gasteiger partial charge >= 0.3 is 6.18 Å². The Hall–Kier alpha value is -1.07. The molecule has 1 aromatic carbocycles. The first-order valence-electron chi connectivity index (χ1n) is 7.49. The SMILES string of the molecule is CCNC(COCCC1CC1)c1cccc(C(F)(F)F)c1. The first-order valence-corrected chi connectivity index (χ1v) is 7.49. The molecule has 1 N–H and O–H groups in total. The fourth-order valence-corrected chi connectivity index (χ4v) is 2.31. The van der Waals surface area contributed by atoms with Gasteiger partial charge in [-0.3, -0.25) is 0 Å². The van der Waals surface area contributed by atoms with E-state index in [1.165, 1.54) is 25.0 Å². The quantitative estimate of drug-likeness (QED) is 0.728. The summed E-state index contributed by atoms with van der Waals surface area (Å²) in [6, 6.07) is 5.27. The van der Waals surface area contributed by atoms with Crippen LogP contribution in [0.1, 0.15) is 43.4 Å². The third-order valence-corrected chi connectivity index (χ3v) is 3.72. The highest BCUT2D eigenvalue weighted by Crippen LogP contribution is 2.32. The van der Waals surface area contributed by atoms with Gasteiger partial charge in [0.05, 0.1) is 18.2 Å². The molecule has 0 amide bonds. The normalized spacial score (nSPS) is 17.0. The average Bonchev–Trinajstić information content (AvgIpc) is 3.26. The van der Waals surface area contributed by atoms with E-state index in [2.05, 4.69) is 5.32 Å². The zero-order chi connectivity index (χ0) is 15.3. The molecule has 118 valence electrons. The fraction of sp³-hybridized carbons (Fsp3) is 0.625. The van der Waals surface area contributed by atoms with Crippen LogP contribution in [0.5, 0.6) is 0 Å². The summed E-state index contributed by atoms with van der Waals surface area (Å²) in [5.74, 6) is 0.802. The predicted molar refractivity (Wildman–Crippen MR) is 76.0 cm³/mol. The van der Waals surface area contributed by atoms with Gasteiger partial charge in [0.1, 0.15) is 0 Å². The van der Waals surface area contributed by atoms with Gasteiger partial charge < -0.3 is 10.1 Å². The van der Waals surface area contributed by atoms with E-state index >= 15 is 0 Å². The summed E-state index contributed by atoms with van der Waals surface area (Å²) < 4.78 is 43.9. The van der Waals surface area contributed by atoms with E-state index < -0.39 is 11.7 Å². The van der Waals surface area contributed by atoms with Crippen molar-refractivity contribution < 1.29 is 17.9 Å². The van der Waals surface area contributed by atoms with Crippen LogP contribution in [-0.4, -0.2) is 19.8 Å². The standard InChI is InChI=1S/C16H22F3NO/c1-2-20-15(11-21-9-8-12-6-7-12)13-4-3-5-14(10-13)16(17,18)19/h3-5,10,12,15,20H,2,6-9,11H2,1H3. The Bertz CT molecular complexity index is 443. The van der Waals surface area contributed by atoms with Crippen molar-refractivity contribution in [3.63, 3.8) is 0 Å². The Kier molecular flexibility index (Phi) is 5.65. The van der Waals surface area contributed by atoms with Crippen molar-refractivity contribution in [1.82, 2.24) is 5.32 Å². The highest BCUT2D eigenvalue weighted by atomic mass is 19.4. The molecule has 0 radical (unpaired) electrons. The van der Waals surface area contributed by atoms with Crippen molar-refractivity contribution in [1.29, 1.82) is 0 Å². The van der Waals surface area contributed by atoms with Crippen molar-refractivity contribution in [3.8, 4) is 0 Å². The molecule has 0 bridgehead atoms. The van der Waals surface area contributed by atoms with Crippen molar-refractivity contribution >= 4 is 0 Å². The molecule has 21 heavy (non-hydrogen) atoms. The van der Waals surface area contributed by atoms with Crippen molar-refractivity contribution in [2.24, 2.45) is 5.92 Å². The number of hydrogen-bond donors (Lipinski definition) is 1. The second-order valence-electron chi connectivity index (χ2n) is 5.54. The van der Waals surface area contributed by atoms with Crippen LogP contribution in [0.15, 0.2) is 24.3 Å². The molecule has 1 aromatic rings.